The number of methoxy groups -OCH3 is 2. The molecule has 39 heavy (non-hydrogen) atoms. The summed E-state index contributed by atoms with van der Waals surface area (Å²) in [5.74, 6) is -0.286. The van der Waals surface area contributed by atoms with Gasteiger partial charge in [0.15, 0.2) is 11.5 Å². The van der Waals surface area contributed by atoms with Crippen LogP contribution in [0.5, 0.6) is 17.2 Å². The number of hydrogen-bond acceptors (Lipinski definition) is 8. The van der Waals surface area contributed by atoms with E-state index in [0.29, 0.717) is 24.8 Å². The van der Waals surface area contributed by atoms with Crippen LogP contribution in [0.4, 0.5) is 0 Å². The van der Waals surface area contributed by atoms with Gasteiger partial charge in [0.2, 0.25) is 11.5 Å². The fraction of sp³-hybridized carbons (Fsp3) is 0.419. The number of aliphatic hydroxyl groups excluding tert-OH is 1. The molecule has 3 unspecified atom stereocenters. The maximum atomic E-state index is 9.80. The molecule has 0 spiro atoms. The SMILES string of the molecule is CNCC(O)c1cc(OC)c(O)c(OC)c1.c1ccc(C2(c3ccccc3)OCC(C3CCCCN3)O2)cc1. The van der Waals surface area contributed by atoms with Crippen molar-refractivity contribution in [1.82, 2.24) is 10.6 Å². The molecule has 2 fully saturated rings. The molecule has 0 aromatic heterocycles. The van der Waals surface area contributed by atoms with Crippen LogP contribution < -0.4 is 20.1 Å². The summed E-state index contributed by atoms with van der Waals surface area (Å²) < 4.78 is 22.9. The highest BCUT2D eigenvalue weighted by Crippen LogP contribution is 2.42. The molecule has 2 aliphatic rings. The average molecular weight is 537 g/mol. The van der Waals surface area contributed by atoms with Crippen molar-refractivity contribution in [1.29, 1.82) is 0 Å². The Bertz CT molecular complexity index is 1090. The lowest BCUT2D eigenvalue weighted by Gasteiger charge is -2.32. The van der Waals surface area contributed by atoms with Gasteiger partial charge in [-0.05, 0) is 44.1 Å². The highest BCUT2D eigenvalue weighted by molar-refractivity contribution is 5.53. The molecular formula is C31H40N2O6. The van der Waals surface area contributed by atoms with E-state index in [9.17, 15) is 10.2 Å². The fourth-order valence-electron chi connectivity index (χ4n) is 5.08. The summed E-state index contributed by atoms with van der Waals surface area (Å²) in [6, 6.07) is 24.1. The largest absolute Gasteiger partial charge is 0.502 e. The van der Waals surface area contributed by atoms with Crippen LogP contribution in [0.15, 0.2) is 72.8 Å². The van der Waals surface area contributed by atoms with Crippen molar-refractivity contribution < 1.29 is 29.2 Å². The lowest BCUT2D eigenvalue weighted by atomic mass is 9.97. The lowest BCUT2D eigenvalue weighted by Crippen LogP contribution is -2.45. The van der Waals surface area contributed by atoms with Crippen LogP contribution in [-0.2, 0) is 15.3 Å². The fourth-order valence-corrected chi connectivity index (χ4v) is 5.08. The van der Waals surface area contributed by atoms with Crippen molar-refractivity contribution in [2.75, 3.05) is 41.0 Å². The quantitative estimate of drug-likeness (QED) is 0.341. The third kappa shape index (κ3) is 6.72. The first-order valence-corrected chi connectivity index (χ1v) is 13.5. The zero-order valence-corrected chi connectivity index (χ0v) is 22.9. The Labute approximate surface area is 230 Å². The molecule has 5 rings (SSSR count). The zero-order valence-electron chi connectivity index (χ0n) is 22.9. The molecule has 0 saturated carbocycles. The molecule has 3 aromatic carbocycles. The predicted molar refractivity (Wildman–Crippen MR) is 150 cm³/mol. The van der Waals surface area contributed by atoms with E-state index in [1.54, 1.807) is 19.2 Å². The molecule has 8 nitrogen and oxygen atoms in total. The van der Waals surface area contributed by atoms with E-state index in [-0.39, 0.29) is 23.4 Å². The van der Waals surface area contributed by atoms with Crippen molar-refractivity contribution in [3.05, 3.63) is 89.5 Å². The van der Waals surface area contributed by atoms with Crippen LogP contribution in [0.3, 0.4) is 0 Å². The van der Waals surface area contributed by atoms with Crippen LogP contribution in [-0.4, -0.2) is 63.3 Å². The van der Waals surface area contributed by atoms with Crippen molar-refractivity contribution >= 4 is 0 Å². The second-order valence-corrected chi connectivity index (χ2v) is 9.72. The van der Waals surface area contributed by atoms with E-state index in [2.05, 4.69) is 34.9 Å². The molecule has 2 heterocycles. The third-order valence-electron chi connectivity index (χ3n) is 7.16. The minimum Gasteiger partial charge on any atom is -0.502 e. The van der Waals surface area contributed by atoms with Gasteiger partial charge in [-0.2, -0.15) is 0 Å². The summed E-state index contributed by atoms with van der Waals surface area (Å²) in [6.07, 6.45) is 3.10. The number of piperidine rings is 1. The number of benzene rings is 3. The van der Waals surface area contributed by atoms with Crippen LogP contribution in [0.1, 0.15) is 42.1 Å². The Morgan fingerprint density at radius 1 is 0.974 bits per heavy atom. The Morgan fingerprint density at radius 2 is 1.56 bits per heavy atom. The summed E-state index contributed by atoms with van der Waals surface area (Å²) in [5.41, 5.74) is 2.75. The molecule has 3 aromatic rings. The van der Waals surface area contributed by atoms with Crippen molar-refractivity contribution in [2.45, 2.75) is 43.3 Å². The van der Waals surface area contributed by atoms with Crippen LogP contribution in [0.25, 0.3) is 0 Å². The van der Waals surface area contributed by atoms with E-state index in [4.69, 9.17) is 18.9 Å². The molecule has 8 heteroatoms. The standard InChI is InChI=1S/C20H23NO2.C11H17NO4/c1-3-9-16(10-4-1)20(17-11-5-2-6-12-17)22-15-19(23-20)18-13-7-8-14-21-18;1-12-6-8(13)7-4-9(15-2)11(14)10(5-7)16-3/h1-6,9-12,18-19,21H,7-8,13-15H2;4-5,8,12-14H,6H2,1-3H3. The van der Waals surface area contributed by atoms with Gasteiger partial charge in [-0.15, -0.1) is 0 Å². The maximum absolute atomic E-state index is 9.80. The molecule has 0 amide bonds. The molecular weight excluding hydrogens is 496 g/mol. The van der Waals surface area contributed by atoms with Crippen LogP contribution in [0, 0.1) is 0 Å². The Balaban J connectivity index is 0.000000195. The highest BCUT2D eigenvalue weighted by Gasteiger charge is 2.47. The van der Waals surface area contributed by atoms with Gasteiger partial charge in [0.25, 0.3) is 0 Å². The number of rotatable bonds is 8. The van der Waals surface area contributed by atoms with Gasteiger partial charge in [-0.25, -0.2) is 0 Å². The normalized spacial score (nSPS) is 20.9. The summed E-state index contributed by atoms with van der Waals surface area (Å²) >= 11 is 0. The van der Waals surface area contributed by atoms with E-state index < -0.39 is 11.9 Å². The second kappa shape index (κ2) is 13.8. The van der Waals surface area contributed by atoms with Crippen molar-refractivity contribution in [3.8, 4) is 17.2 Å². The summed E-state index contributed by atoms with van der Waals surface area (Å²) in [4.78, 5) is 0. The van der Waals surface area contributed by atoms with E-state index in [1.165, 1.54) is 27.1 Å². The number of nitrogens with one attached hydrogen (secondary N) is 2. The van der Waals surface area contributed by atoms with Crippen LogP contribution in [0.2, 0.25) is 0 Å². The van der Waals surface area contributed by atoms with Gasteiger partial charge in [0.1, 0.15) is 6.10 Å². The molecule has 0 radical (unpaired) electrons. The smallest absolute Gasteiger partial charge is 0.222 e. The molecule has 2 aliphatic heterocycles. The number of likely N-dealkylation sites (N-methyl/N-ethyl adjacent to an activating group) is 1. The van der Waals surface area contributed by atoms with E-state index in [1.807, 2.05) is 36.4 Å². The second-order valence-electron chi connectivity index (χ2n) is 9.72. The minimum absolute atomic E-state index is 0.0644. The van der Waals surface area contributed by atoms with Gasteiger partial charge < -0.3 is 39.8 Å². The Morgan fingerprint density at radius 3 is 2.05 bits per heavy atom. The number of aromatic hydroxyl groups is 1. The van der Waals surface area contributed by atoms with Crippen LogP contribution >= 0.6 is 0 Å². The molecule has 4 N–H and O–H groups in total. The number of phenolic OH excluding ortho intramolecular Hbond substituents is 1. The maximum Gasteiger partial charge on any atom is 0.222 e. The third-order valence-corrected chi connectivity index (χ3v) is 7.16. The first kappa shape index (κ1) is 28.9. The van der Waals surface area contributed by atoms with E-state index in [0.717, 1.165) is 24.1 Å². The Hall–Kier alpha value is -3.14. The van der Waals surface area contributed by atoms with Gasteiger partial charge in [-0.3, -0.25) is 0 Å². The predicted octanol–water partition coefficient (Wildman–Crippen LogP) is 4.11. The molecule has 2 saturated heterocycles. The van der Waals surface area contributed by atoms with Crippen molar-refractivity contribution in [2.24, 2.45) is 0 Å². The summed E-state index contributed by atoms with van der Waals surface area (Å²) in [5, 5.41) is 25.9. The highest BCUT2D eigenvalue weighted by atomic mass is 16.7. The summed E-state index contributed by atoms with van der Waals surface area (Å²) in [7, 11) is 4.64. The van der Waals surface area contributed by atoms with Gasteiger partial charge in [0.05, 0.1) is 26.9 Å². The number of aliphatic hydroxyl groups is 1. The van der Waals surface area contributed by atoms with Gasteiger partial charge in [0, 0.05) is 23.7 Å². The van der Waals surface area contributed by atoms with Gasteiger partial charge in [-0.1, -0.05) is 67.1 Å². The molecule has 3 atom stereocenters. The summed E-state index contributed by atoms with van der Waals surface area (Å²) in [6.45, 7) is 2.12. The molecule has 0 bridgehead atoms. The first-order valence-electron chi connectivity index (χ1n) is 13.5. The Kier molecular flexibility index (Phi) is 10.2. The van der Waals surface area contributed by atoms with Crippen molar-refractivity contribution in [3.63, 3.8) is 0 Å². The molecule has 210 valence electrons. The number of ether oxygens (including phenoxy) is 4. The monoisotopic (exact) mass is 536 g/mol. The minimum atomic E-state index is -0.785. The number of hydrogen-bond donors (Lipinski definition) is 4. The average Bonchev–Trinajstić information content (AvgIpc) is 3.46. The lowest BCUT2D eigenvalue weighted by molar-refractivity contribution is -0.146. The topological polar surface area (TPSA) is 101 Å². The zero-order chi connectivity index (χ0) is 27.7. The number of phenols is 1. The van der Waals surface area contributed by atoms with Gasteiger partial charge >= 0.3 is 0 Å². The first-order chi connectivity index (χ1) is 19.0. The van der Waals surface area contributed by atoms with E-state index >= 15 is 0 Å². The molecule has 0 aliphatic carbocycles.